The zero-order valence-corrected chi connectivity index (χ0v) is 12.2. The summed E-state index contributed by atoms with van der Waals surface area (Å²) < 4.78 is 0. The molecule has 0 saturated heterocycles. The lowest BCUT2D eigenvalue weighted by Gasteiger charge is -2.25. The van der Waals surface area contributed by atoms with E-state index in [2.05, 4.69) is 12.2 Å². The smallest absolute Gasteiger partial charge is 0.234 e. The average molecular weight is 278 g/mol. The fourth-order valence-corrected chi connectivity index (χ4v) is 3.79. The summed E-state index contributed by atoms with van der Waals surface area (Å²) in [5, 5.41) is 3.54. The molecule has 3 N–H and O–H groups in total. The number of nitrogens with one attached hydrogen (secondary N) is 1. The molecule has 0 bridgehead atoms. The van der Waals surface area contributed by atoms with E-state index in [0.717, 1.165) is 11.6 Å². The number of carbonyl (C=O) groups excluding carboxylic acids is 1. The summed E-state index contributed by atoms with van der Waals surface area (Å²) in [5.41, 5.74) is 7.14. The summed E-state index contributed by atoms with van der Waals surface area (Å²) in [6, 6.07) is 7.31. The molecular weight excluding hydrogens is 256 g/mol. The van der Waals surface area contributed by atoms with E-state index in [9.17, 15) is 4.79 Å². The molecule has 104 valence electrons. The minimum atomic E-state index is 0.0637. The molecule has 0 heterocycles. The Balaban J connectivity index is 1.75. The van der Waals surface area contributed by atoms with Gasteiger partial charge in [0.2, 0.25) is 5.91 Å². The molecule has 1 aromatic carbocycles. The Kier molecular flexibility index (Phi) is 5.14. The molecule has 2 rings (SSSR count). The number of rotatable bonds is 4. The molecule has 3 nitrogen and oxygen atoms in total. The number of anilines is 2. The second-order valence-electron chi connectivity index (χ2n) is 5.38. The lowest BCUT2D eigenvalue weighted by atomic mass is 9.91. The van der Waals surface area contributed by atoms with Crippen molar-refractivity contribution < 1.29 is 4.79 Å². The third-order valence-electron chi connectivity index (χ3n) is 3.51. The van der Waals surface area contributed by atoms with Crippen molar-refractivity contribution in [2.45, 2.75) is 37.9 Å². The van der Waals surface area contributed by atoms with Crippen molar-refractivity contribution in [2.75, 3.05) is 16.8 Å². The first-order valence-electron chi connectivity index (χ1n) is 6.90. The highest BCUT2D eigenvalue weighted by Gasteiger charge is 2.19. The highest BCUT2D eigenvalue weighted by Crippen LogP contribution is 2.31. The lowest BCUT2D eigenvalue weighted by Crippen LogP contribution is -2.20. The van der Waals surface area contributed by atoms with Crippen molar-refractivity contribution in [1.29, 1.82) is 0 Å². The van der Waals surface area contributed by atoms with Crippen LogP contribution in [-0.4, -0.2) is 16.9 Å². The number of hydrogen-bond acceptors (Lipinski definition) is 3. The molecule has 0 aliphatic heterocycles. The zero-order valence-electron chi connectivity index (χ0n) is 11.4. The number of amides is 1. The van der Waals surface area contributed by atoms with Gasteiger partial charge in [-0.25, -0.2) is 0 Å². The van der Waals surface area contributed by atoms with Gasteiger partial charge in [0.1, 0.15) is 0 Å². The van der Waals surface area contributed by atoms with Crippen molar-refractivity contribution in [3.63, 3.8) is 0 Å². The van der Waals surface area contributed by atoms with Crippen LogP contribution in [0.25, 0.3) is 0 Å². The molecule has 1 fully saturated rings. The maximum Gasteiger partial charge on any atom is 0.234 e. The van der Waals surface area contributed by atoms with Crippen molar-refractivity contribution in [3.8, 4) is 0 Å². The topological polar surface area (TPSA) is 55.1 Å². The lowest BCUT2D eigenvalue weighted by molar-refractivity contribution is -0.113. The van der Waals surface area contributed by atoms with Gasteiger partial charge in [-0.15, -0.1) is 11.8 Å². The van der Waals surface area contributed by atoms with Crippen LogP contribution in [-0.2, 0) is 4.79 Å². The van der Waals surface area contributed by atoms with Gasteiger partial charge in [0.25, 0.3) is 0 Å². The minimum absolute atomic E-state index is 0.0637. The molecule has 1 aliphatic carbocycles. The number of carbonyl (C=O) groups is 1. The van der Waals surface area contributed by atoms with Gasteiger partial charge in [0, 0.05) is 16.6 Å². The number of hydrogen-bond donors (Lipinski definition) is 2. The molecule has 0 radical (unpaired) electrons. The monoisotopic (exact) mass is 278 g/mol. The maximum atomic E-state index is 11.9. The van der Waals surface area contributed by atoms with Crippen molar-refractivity contribution in [1.82, 2.24) is 0 Å². The highest BCUT2D eigenvalue weighted by atomic mass is 32.2. The minimum Gasteiger partial charge on any atom is -0.399 e. The van der Waals surface area contributed by atoms with Crippen LogP contribution >= 0.6 is 11.8 Å². The fourth-order valence-electron chi connectivity index (χ4n) is 2.54. The van der Waals surface area contributed by atoms with Crippen LogP contribution in [0.15, 0.2) is 24.3 Å². The van der Waals surface area contributed by atoms with Gasteiger partial charge < -0.3 is 11.1 Å². The van der Waals surface area contributed by atoms with Gasteiger partial charge in [-0.05, 0) is 37.0 Å². The van der Waals surface area contributed by atoms with E-state index in [1.165, 1.54) is 25.7 Å². The largest absolute Gasteiger partial charge is 0.399 e. The Morgan fingerprint density at radius 1 is 1.47 bits per heavy atom. The van der Waals surface area contributed by atoms with Crippen LogP contribution in [0.3, 0.4) is 0 Å². The van der Waals surface area contributed by atoms with E-state index in [1.807, 2.05) is 18.2 Å². The van der Waals surface area contributed by atoms with Crippen molar-refractivity contribution in [3.05, 3.63) is 24.3 Å². The normalized spacial score (nSPS) is 23.0. The predicted octanol–water partition coefficient (Wildman–Crippen LogP) is 3.52. The van der Waals surface area contributed by atoms with Gasteiger partial charge in [0.15, 0.2) is 0 Å². The molecule has 1 aromatic rings. The van der Waals surface area contributed by atoms with Crippen LogP contribution in [0.4, 0.5) is 11.4 Å². The highest BCUT2D eigenvalue weighted by molar-refractivity contribution is 8.00. The second-order valence-corrected chi connectivity index (χ2v) is 6.67. The standard InChI is InChI=1S/C15H22N2OS/c1-11-4-2-7-14(8-11)19-10-15(18)17-13-6-3-5-12(16)9-13/h3,5-6,9,11,14H,2,4,7-8,10,16H2,1H3,(H,17,18). The average Bonchev–Trinajstić information content (AvgIpc) is 2.36. The molecule has 0 aromatic heterocycles. The van der Waals surface area contributed by atoms with Crippen LogP contribution in [0, 0.1) is 5.92 Å². The van der Waals surface area contributed by atoms with E-state index in [0.29, 0.717) is 16.7 Å². The van der Waals surface area contributed by atoms with Crippen molar-refractivity contribution >= 4 is 29.0 Å². The predicted molar refractivity (Wildman–Crippen MR) is 83.4 cm³/mol. The molecule has 19 heavy (non-hydrogen) atoms. The Hall–Kier alpha value is -1.16. The number of nitrogens with two attached hydrogens (primary N) is 1. The summed E-state index contributed by atoms with van der Waals surface area (Å²) >= 11 is 1.79. The SMILES string of the molecule is CC1CCCC(SCC(=O)Nc2cccc(N)c2)C1. The van der Waals surface area contributed by atoms with Crippen molar-refractivity contribution in [2.24, 2.45) is 5.92 Å². The molecule has 1 amide bonds. The molecule has 4 heteroatoms. The third kappa shape index (κ3) is 4.78. The number of benzene rings is 1. The van der Waals surface area contributed by atoms with E-state index >= 15 is 0 Å². The van der Waals surface area contributed by atoms with Gasteiger partial charge in [-0.3, -0.25) is 4.79 Å². The quantitative estimate of drug-likeness (QED) is 0.829. The van der Waals surface area contributed by atoms with E-state index in [4.69, 9.17) is 5.73 Å². The first-order chi connectivity index (χ1) is 9.13. The number of thioether (sulfide) groups is 1. The molecule has 2 unspecified atom stereocenters. The zero-order chi connectivity index (χ0) is 13.7. The Bertz CT molecular complexity index is 436. The van der Waals surface area contributed by atoms with E-state index in [1.54, 1.807) is 17.8 Å². The van der Waals surface area contributed by atoms with Gasteiger partial charge in [-0.2, -0.15) is 0 Å². The van der Waals surface area contributed by atoms with E-state index < -0.39 is 0 Å². The van der Waals surface area contributed by atoms with Crippen LogP contribution in [0.2, 0.25) is 0 Å². The summed E-state index contributed by atoms with van der Waals surface area (Å²) in [5.74, 6) is 1.41. The van der Waals surface area contributed by atoms with Gasteiger partial charge >= 0.3 is 0 Å². The molecule has 2 atom stereocenters. The Morgan fingerprint density at radius 2 is 2.32 bits per heavy atom. The fraction of sp³-hybridized carbons (Fsp3) is 0.533. The van der Waals surface area contributed by atoms with Gasteiger partial charge in [0.05, 0.1) is 5.75 Å². The summed E-state index contributed by atoms with van der Waals surface area (Å²) in [6.45, 7) is 2.31. The Morgan fingerprint density at radius 3 is 3.05 bits per heavy atom. The molecule has 1 saturated carbocycles. The van der Waals surface area contributed by atoms with Gasteiger partial charge in [-0.1, -0.05) is 25.8 Å². The molecular formula is C15H22N2OS. The third-order valence-corrected chi connectivity index (χ3v) is 4.84. The summed E-state index contributed by atoms with van der Waals surface area (Å²) in [6.07, 6.45) is 5.14. The summed E-state index contributed by atoms with van der Waals surface area (Å²) in [4.78, 5) is 11.9. The number of nitrogen functional groups attached to an aromatic ring is 1. The summed E-state index contributed by atoms with van der Waals surface area (Å²) in [7, 11) is 0. The van der Waals surface area contributed by atoms with Crippen LogP contribution < -0.4 is 11.1 Å². The molecule has 0 spiro atoms. The van der Waals surface area contributed by atoms with E-state index in [-0.39, 0.29) is 5.91 Å². The Labute approximate surface area is 119 Å². The maximum absolute atomic E-state index is 11.9. The first kappa shape index (κ1) is 14.3. The van der Waals surface area contributed by atoms with Crippen LogP contribution in [0.1, 0.15) is 32.6 Å². The molecule has 1 aliphatic rings. The van der Waals surface area contributed by atoms with Crippen LogP contribution in [0.5, 0.6) is 0 Å². The second kappa shape index (κ2) is 6.85. The first-order valence-corrected chi connectivity index (χ1v) is 7.95.